The van der Waals surface area contributed by atoms with Gasteiger partial charge in [0.25, 0.3) is 0 Å². The van der Waals surface area contributed by atoms with Crippen LogP contribution in [0.25, 0.3) is 0 Å². The minimum absolute atomic E-state index is 0.115. The summed E-state index contributed by atoms with van der Waals surface area (Å²) in [6, 6.07) is -0.123. The Morgan fingerprint density at radius 2 is 2.36 bits per heavy atom. The van der Waals surface area contributed by atoms with E-state index in [9.17, 15) is 13.2 Å². The molecule has 6 heteroatoms. The molecule has 0 saturated carbocycles. The molecule has 1 saturated heterocycles. The van der Waals surface area contributed by atoms with Crippen molar-refractivity contribution in [3.63, 3.8) is 0 Å². The van der Waals surface area contributed by atoms with Crippen molar-refractivity contribution in [2.24, 2.45) is 0 Å². The Labute approximate surface area is 81.7 Å². The first-order valence-electron chi connectivity index (χ1n) is 4.30. The van der Waals surface area contributed by atoms with E-state index in [1.807, 2.05) is 0 Å². The molecule has 0 radical (unpaired) electrons. The molecule has 1 aromatic rings. The molecular weight excluding hydrogens is 204 g/mol. The normalized spacial score (nSPS) is 25.0. The number of rotatable bonds is 2. The topological polar surface area (TPSA) is 69.0 Å². The number of hydrogen-bond acceptors (Lipinski definition) is 4. The van der Waals surface area contributed by atoms with Gasteiger partial charge in [-0.3, -0.25) is 4.79 Å². The molecule has 0 spiro atoms. The summed E-state index contributed by atoms with van der Waals surface area (Å²) in [5.41, 5.74) is 0.437. The highest BCUT2D eigenvalue weighted by atomic mass is 32.2. The molecule has 0 aliphatic carbocycles. The monoisotopic (exact) mass is 214 g/mol. The molecule has 0 amide bonds. The minimum atomic E-state index is -2.91. The second-order valence-corrected chi connectivity index (χ2v) is 5.63. The highest BCUT2D eigenvalue weighted by molar-refractivity contribution is 7.91. The van der Waals surface area contributed by atoms with E-state index in [1.165, 1.54) is 12.5 Å². The number of carbonyl (C=O) groups excluding carboxylic acids is 1. The molecule has 1 unspecified atom stereocenters. The average Bonchev–Trinajstić information content (AvgIpc) is 2.70. The number of imidazole rings is 1. The predicted octanol–water partition coefficient (Wildman–Crippen LogP) is 0.0552. The van der Waals surface area contributed by atoms with E-state index in [1.54, 1.807) is 4.57 Å². The first kappa shape index (κ1) is 9.39. The van der Waals surface area contributed by atoms with Gasteiger partial charge < -0.3 is 4.57 Å². The highest BCUT2D eigenvalue weighted by Gasteiger charge is 2.29. The summed E-state index contributed by atoms with van der Waals surface area (Å²) >= 11 is 0. The van der Waals surface area contributed by atoms with Crippen LogP contribution in [0.3, 0.4) is 0 Å². The van der Waals surface area contributed by atoms with Gasteiger partial charge in [0.15, 0.2) is 16.1 Å². The van der Waals surface area contributed by atoms with Crippen LogP contribution in [0.4, 0.5) is 0 Å². The molecule has 76 valence electrons. The second kappa shape index (κ2) is 3.20. The van der Waals surface area contributed by atoms with E-state index in [2.05, 4.69) is 4.98 Å². The first-order chi connectivity index (χ1) is 6.62. The number of carbonyl (C=O) groups is 1. The zero-order valence-corrected chi connectivity index (χ0v) is 8.27. The van der Waals surface area contributed by atoms with Gasteiger partial charge in [-0.05, 0) is 6.42 Å². The van der Waals surface area contributed by atoms with Crippen LogP contribution in [0.2, 0.25) is 0 Å². The van der Waals surface area contributed by atoms with Gasteiger partial charge in [-0.15, -0.1) is 0 Å². The van der Waals surface area contributed by atoms with E-state index in [-0.39, 0.29) is 17.5 Å². The van der Waals surface area contributed by atoms with Crippen LogP contribution >= 0.6 is 0 Å². The SMILES string of the molecule is O=Cc1cncn1C1CCS(=O)(=O)C1. The Morgan fingerprint density at radius 3 is 2.93 bits per heavy atom. The largest absolute Gasteiger partial charge is 0.324 e. The molecule has 0 aromatic carbocycles. The first-order valence-corrected chi connectivity index (χ1v) is 6.12. The third kappa shape index (κ3) is 1.57. The summed E-state index contributed by atoms with van der Waals surface area (Å²) in [5.74, 6) is 0.318. The van der Waals surface area contributed by atoms with Crippen molar-refractivity contribution in [3.8, 4) is 0 Å². The van der Waals surface area contributed by atoms with E-state index >= 15 is 0 Å². The van der Waals surface area contributed by atoms with Gasteiger partial charge in [0.1, 0.15) is 5.69 Å². The van der Waals surface area contributed by atoms with Crippen LogP contribution in [0, 0.1) is 0 Å². The van der Waals surface area contributed by atoms with Crippen LogP contribution in [-0.2, 0) is 9.84 Å². The van der Waals surface area contributed by atoms with Gasteiger partial charge in [-0.1, -0.05) is 0 Å². The van der Waals surface area contributed by atoms with Crippen molar-refractivity contribution < 1.29 is 13.2 Å². The average molecular weight is 214 g/mol. The fourth-order valence-electron chi connectivity index (χ4n) is 1.71. The lowest BCUT2D eigenvalue weighted by molar-refractivity contribution is 0.111. The maximum Gasteiger partial charge on any atom is 0.168 e. The summed E-state index contributed by atoms with van der Waals surface area (Å²) in [5, 5.41) is 0. The molecule has 14 heavy (non-hydrogen) atoms. The van der Waals surface area contributed by atoms with Crippen molar-refractivity contribution in [1.82, 2.24) is 9.55 Å². The minimum Gasteiger partial charge on any atom is -0.324 e. The van der Waals surface area contributed by atoms with E-state index in [0.29, 0.717) is 18.4 Å². The lowest BCUT2D eigenvalue weighted by Gasteiger charge is -2.10. The Hall–Kier alpha value is -1.17. The van der Waals surface area contributed by atoms with Gasteiger partial charge in [0, 0.05) is 0 Å². The van der Waals surface area contributed by atoms with Gasteiger partial charge in [0.05, 0.1) is 30.1 Å². The van der Waals surface area contributed by atoms with Gasteiger partial charge in [-0.2, -0.15) is 0 Å². The lowest BCUT2D eigenvalue weighted by Crippen LogP contribution is -2.12. The predicted molar refractivity (Wildman–Crippen MR) is 49.9 cm³/mol. The standard InChI is InChI=1S/C8H10N2O3S/c11-4-8-3-9-6-10(8)7-1-2-14(12,13)5-7/h3-4,6-7H,1-2,5H2. The van der Waals surface area contributed by atoms with Crippen LogP contribution in [-0.4, -0.2) is 35.8 Å². The fourth-order valence-corrected chi connectivity index (χ4v) is 3.42. The van der Waals surface area contributed by atoms with Gasteiger partial charge >= 0.3 is 0 Å². The number of aldehydes is 1. The molecule has 2 rings (SSSR count). The smallest absolute Gasteiger partial charge is 0.168 e. The summed E-state index contributed by atoms with van der Waals surface area (Å²) in [6.07, 6.45) is 4.21. The van der Waals surface area contributed by atoms with Crippen LogP contribution < -0.4 is 0 Å². The van der Waals surface area contributed by atoms with E-state index < -0.39 is 9.84 Å². The summed E-state index contributed by atoms with van der Waals surface area (Å²) in [7, 11) is -2.91. The molecule has 0 N–H and O–H groups in total. The van der Waals surface area contributed by atoms with Crippen LogP contribution in [0.1, 0.15) is 23.0 Å². The van der Waals surface area contributed by atoms with Crippen molar-refractivity contribution in [3.05, 3.63) is 18.2 Å². The quantitative estimate of drug-likeness (QED) is 0.652. The lowest BCUT2D eigenvalue weighted by atomic mass is 10.2. The van der Waals surface area contributed by atoms with Gasteiger partial charge in [-0.25, -0.2) is 13.4 Å². The zero-order chi connectivity index (χ0) is 10.2. The van der Waals surface area contributed by atoms with Crippen molar-refractivity contribution in [2.45, 2.75) is 12.5 Å². The molecule has 1 aliphatic heterocycles. The molecular formula is C8H10N2O3S. The third-order valence-corrected chi connectivity index (χ3v) is 4.17. The zero-order valence-electron chi connectivity index (χ0n) is 7.46. The molecule has 1 atom stereocenters. The maximum absolute atomic E-state index is 11.2. The Balaban J connectivity index is 2.29. The Morgan fingerprint density at radius 1 is 1.57 bits per heavy atom. The summed E-state index contributed by atoms with van der Waals surface area (Å²) in [6.45, 7) is 0. The Kier molecular flexibility index (Phi) is 2.14. The van der Waals surface area contributed by atoms with Gasteiger partial charge in [0.2, 0.25) is 0 Å². The number of sulfone groups is 1. The third-order valence-electron chi connectivity index (χ3n) is 2.42. The second-order valence-electron chi connectivity index (χ2n) is 3.40. The maximum atomic E-state index is 11.2. The van der Waals surface area contributed by atoms with Crippen molar-refractivity contribution in [1.29, 1.82) is 0 Å². The fraction of sp³-hybridized carbons (Fsp3) is 0.500. The summed E-state index contributed by atoms with van der Waals surface area (Å²) in [4.78, 5) is 14.4. The van der Waals surface area contributed by atoms with E-state index in [0.717, 1.165) is 0 Å². The van der Waals surface area contributed by atoms with E-state index in [4.69, 9.17) is 0 Å². The van der Waals surface area contributed by atoms with Crippen molar-refractivity contribution in [2.75, 3.05) is 11.5 Å². The Bertz CT molecular complexity index is 449. The molecule has 5 nitrogen and oxygen atoms in total. The highest BCUT2D eigenvalue weighted by Crippen LogP contribution is 2.24. The molecule has 1 aromatic heterocycles. The number of aromatic nitrogens is 2. The number of hydrogen-bond donors (Lipinski definition) is 0. The van der Waals surface area contributed by atoms with Crippen LogP contribution in [0.15, 0.2) is 12.5 Å². The molecule has 1 aliphatic rings. The molecule has 1 fully saturated rings. The molecule has 2 heterocycles. The van der Waals surface area contributed by atoms with Crippen LogP contribution in [0.5, 0.6) is 0 Å². The summed E-state index contributed by atoms with van der Waals surface area (Å²) < 4.78 is 24.1. The van der Waals surface area contributed by atoms with Crippen molar-refractivity contribution >= 4 is 16.1 Å². The molecule has 0 bridgehead atoms. The number of nitrogens with zero attached hydrogens (tertiary/aromatic N) is 2.